The summed E-state index contributed by atoms with van der Waals surface area (Å²) in [5.74, 6) is 0.790. The maximum Gasteiger partial charge on any atom is 0.287 e. The summed E-state index contributed by atoms with van der Waals surface area (Å²) >= 11 is 0. The second-order valence-corrected chi connectivity index (χ2v) is 9.73. The van der Waals surface area contributed by atoms with E-state index in [2.05, 4.69) is 42.6 Å². The van der Waals surface area contributed by atoms with Gasteiger partial charge < -0.3 is 19.4 Å². The Kier molecular flexibility index (Phi) is 7.77. The van der Waals surface area contributed by atoms with Crippen LogP contribution in [0.15, 0.2) is 83.3 Å². The molecule has 3 aromatic carbocycles. The minimum absolute atomic E-state index is 0.123. The van der Waals surface area contributed by atoms with E-state index >= 15 is 0 Å². The third kappa shape index (κ3) is 6.03. The van der Waals surface area contributed by atoms with Crippen LogP contribution in [0.4, 0.5) is 4.39 Å². The van der Waals surface area contributed by atoms with E-state index in [4.69, 9.17) is 9.15 Å². The van der Waals surface area contributed by atoms with Crippen molar-refractivity contribution in [3.05, 3.63) is 124 Å². The summed E-state index contributed by atoms with van der Waals surface area (Å²) in [5, 5.41) is 2.77. The van der Waals surface area contributed by atoms with Crippen molar-refractivity contribution in [1.82, 2.24) is 10.2 Å². The Hall–Kier alpha value is -4.39. The number of rotatable bonds is 8. The van der Waals surface area contributed by atoms with Gasteiger partial charge in [-0.1, -0.05) is 55.0 Å². The molecule has 0 saturated carbocycles. The van der Waals surface area contributed by atoms with Gasteiger partial charge in [-0.25, -0.2) is 4.39 Å². The number of aryl methyl sites for hydroxylation is 1. The molecule has 0 radical (unpaired) electrons. The van der Waals surface area contributed by atoms with Crippen molar-refractivity contribution in [2.24, 2.45) is 0 Å². The summed E-state index contributed by atoms with van der Waals surface area (Å²) in [4.78, 5) is 27.3. The second-order valence-electron chi connectivity index (χ2n) is 9.73. The van der Waals surface area contributed by atoms with Gasteiger partial charge in [-0.05, 0) is 72.0 Å². The summed E-state index contributed by atoms with van der Waals surface area (Å²) in [6.45, 7) is 5.03. The molecule has 1 aliphatic rings. The number of nitrogens with one attached hydrogen (secondary N) is 1. The maximum atomic E-state index is 13.1. The second kappa shape index (κ2) is 11.6. The highest BCUT2D eigenvalue weighted by atomic mass is 19.1. The number of hydrogen-bond acceptors (Lipinski definition) is 4. The molecule has 2 amide bonds. The van der Waals surface area contributed by atoms with Crippen molar-refractivity contribution in [2.45, 2.75) is 45.9 Å². The molecule has 2 heterocycles. The first-order valence-electron chi connectivity index (χ1n) is 13.1. The molecule has 1 atom stereocenters. The Morgan fingerprint density at radius 1 is 1.03 bits per heavy atom. The molecule has 0 bridgehead atoms. The summed E-state index contributed by atoms with van der Waals surface area (Å²) in [6, 6.07) is 23.4. The Labute approximate surface area is 227 Å². The zero-order valence-electron chi connectivity index (χ0n) is 22.1. The van der Waals surface area contributed by atoms with E-state index in [1.54, 1.807) is 24.3 Å². The molecule has 1 aromatic heterocycles. The van der Waals surface area contributed by atoms with Crippen molar-refractivity contribution in [2.75, 3.05) is 6.54 Å². The number of benzene rings is 3. The van der Waals surface area contributed by atoms with Crippen LogP contribution in [0.5, 0.6) is 5.75 Å². The smallest absolute Gasteiger partial charge is 0.287 e. The number of ether oxygens (including phenoxy) is 1. The number of furan rings is 1. The van der Waals surface area contributed by atoms with E-state index in [1.807, 2.05) is 24.0 Å². The average molecular weight is 527 g/mol. The van der Waals surface area contributed by atoms with Gasteiger partial charge in [-0.15, -0.1) is 0 Å². The molecule has 1 N–H and O–H groups in total. The van der Waals surface area contributed by atoms with Gasteiger partial charge in [0, 0.05) is 19.5 Å². The monoisotopic (exact) mass is 526 g/mol. The highest BCUT2D eigenvalue weighted by molar-refractivity contribution is 5.91. The molecule has 1 unspecified atom stereocenters. The van der Waals surface area contributed by atoms with Crippen LogP contribution in [-0.4, -0.2) is 23.3 Å². The van der Waals surface area contributed by atoms with Crippen molar-refractivity contribution >= 4 is 11.8 Å². The first kappa shape index (κ1) is 26.2. The Bertz CT molecular complexity index is 1460. The fourth-order valence-electron chi connectivity index (χ4n) is 4.87. The molecule has 5 rings (SSSR count). The Morgan fingerprint density at radius 2 is 1.79 bits per heavy atom. The lowest BCUT2D eigenvalue weighted by molar-refractivity contribution is -0.132. The van der Waals surface area contributed by atoms with Gasteiger partial charge in [-0.3, -0.25) is 9.59 Å². The minimum Gasteiger partial charge on any atom is -0.486 e. The van der Waals surface area contributed by atoms with Crippen LogP contribution in [-0.2, 0) is 24.4 Å². The molecule has 0 fully saturated rings. The first-order valence-corrected chi connectivity index (χ1v) is 13.1. The summed E-state index contributed by atoms with van der Waals surface area (Å²) in [5.41, 5.74) is 5.29. The predicted octanol–water partition coefficient (Wildman–Crippen LogP) is 6.12. The SMILES string of the molecule is CCC(=O)N1CCc2ccc(OCc3ccc(C(=O)NCc4ccc(F)cc4)o3)cc2C1c1ccc(C)cc1. The molecule has 200 valence electrons. The standard InChI is InChI=1S/C32H31FN2O4/c1-3-30(36)35-17-16-23-10-13-26(18-28(23)31(35)24-8-4-21(2)5-9-24)38-20-27-14-15-29(39-27)32(37)34-19-22-6-11-25(33)12-7-22/h4-15,18,31H,3,16-17,19-20H2,1-2H3,(H,34,37). The van der Waals surface area contributed by atoms with E-state index in [0.29, 0.717) is 24.5 Å². The molecular formula is C32H31FN2O4. The fraction of sp³-hybridized carbons (Fsp3) is 0.250. The van der Waals surface area contributed by atoms with Gasteiger partial charge in [0.05, 0.1) is 6.04 Å². The van der Waals surface area contributed by atoms with Gasteiger partial charge in [0.1, 0.15) is 23.9 Å². The zero-order valence-corrected chi connectivity index (χ0v) is 22.1. The number of nitrogens with zero attached hydrogens (tertiary/aromatic N) is 1. The number of hydrogen-bond donors (Lipinski definition) is 1. The third-order valence-electron chi connectivity index (χ3n) is 6.99. The molecule has 0 aliphatic carbocycles. The van der Waals surface area contributed by atoms with Gasteiger partial charge >= 0.3 is 0 Å². The molecule has 0 spiro atoms. The number of carbonyl (C=O) groups excluding carboxylic acids is 2. The molecule has 0 saturated heterocycles. The van der Waals surface area contributed by atoms with Crippen LogP contribution >= 0.6 is 0 Å². The zero-order chi connectivity index (χ0) is 27.4. The van der Waals surface area contributed by atoms with Crippen molar-refractivity contribution in [3.8, 4) is 5.75 Å². The molecular weight excluding hydrogens is 495 g/mol. The summed E-state index contributed by atoms with van der Waals surface area (Å²) in [7, 11) is 0. The Morgan fingerprint density at radius 3 is 2.54 bits per heavy atom. The van der Waals surface area contributed by atoms with Gasteiger partial charge in [0.2, 0.25) is 5.91 Å². The molecule has 7 heteroatoms. The maximum absolute atomic E-state index is 13.1. The van der Waals surface area contributed by atoms with Crippen LogP contribution in [0.1, 0.15) is 63.5 Å². The topological polar surface area (TPSA) is 71.8 Å². The quantitative estimate of drug-likeness (QED) is 0.300. The van der Waals surface area contributed by atoms with E-state index in [-0.39, 0.29) is 42.6 Å². The van der Waals surface area contributed by atoms with Crippen molar-refractivity contribution < 1.29 is 23.1 Å². The molecule has 4 aromatic rings. The largest absolute Gasteiger partial charge is 0.486 e. The van der Waals surface area contributed by atoms with E-state index < -0.39 is 0 Å². The van der Waals surface area contributed by atoms with Crippen LogP contribution in [0.3, 0.4) is 0 Å². The number of halogens is 1. The van der Waals surface area contributed by atoms with Crippen LogP contribution in [0, 0.1) is 12.7 Å². The van der Waals surface area contributed by atoms with E-state index in [0.717, 1.165) is 23.1 Å². The lowest BCUT2D eigenvalue weighted by atomic mass is 9.87. The Balaban J connectivity index is 1.28. The highest BCUT2D eigenvalue weighted by Gasteiger charge is 2.31. The number of amides is 2. The van der Waals surface area contributed by atoms with Crippen molar-refractivity contribution in [1.29, 1.82) is 0 Å². The third-order valence-corrected chi connectivity index (χ3v) is 6.99. The first-order chi connectivity index (χ1) is 18.9. The van der Waals surface area contributed by atoms with Crippen molar-refractivity contribution in [3.63, 3.8) is 0 Å². The molecule has 1 aliphatic heterocycles. The van der Waals surface area contributed by atoms with Gasteiger partial charge in [0.25, 0.3) is 5.91 Å². The summed E-state index contributed by atoms with van der Waals surface area (Å²) < 4.78 is 24.8. The molecule has 39 heavy (non-hydrogen) atoms. The average Bonchev–Trinajstić information content (AvgIpc) is 3.44. The normalized spacial score (nSPS) is 14.5. The predicted molar refractivity (Wildman–Crippen MR) is 146 cm³/mol. The minimum atomic E-state index is -0.360. The fourth-order valence-corrected chi connectivity index (χ4v) is 4.87. The number of carbonyl (C=O) groups is 2. The number of fused-ring (bicyclic) bond motifs is 1. The van der Waals surface area contributed by atoms with Crippen LogP contribution < -0.4 is 10.1 Å². The lowest BCUT2D eigenvalue weighted by Gasteiger charge is -2.38. The van der Waals surface area contributed by atoms with E-state index in [1.165, 1.54) is 23.3 Å². The highest BCUT2D eigenvalue weighted by Crippen LogP contribution is 2.37. The lowest BCUT2D eigenvalue weighted by Crippen LogP contribution is -2.40. The van der Waals surface area contributed by atoms with E-state index in [9.17, 15) is 14.0 Å². The molecule has 6 nitrogen and oxygen atoms in total. The van der Waals surface area contributed by atoms with Gasteiger partial charge in [0.15, 0.2) is 5.76 Å². The summed E-state index contributed by atoms with van der Waals surface area (Å²) in [6.07, 6.45) is 1.24. The van der Waals surface area contributed by atoms with Crippen LogP contribution in [0.2, 0.25) is 0 Å². The van der Waals surface area contributed by atoms with Crippen LogP contribution in [0.25, 0.3) is 0 Å². The van der Waals surface area contributed by atoms with Gasteiger partial charge in [-0.2, -0.15) is 0 Å².